The molecule has 1 saturated carbocycles. The quantitative estimate of drug-likeness (QED) is 0.899. The van der Waals surface area contributed by atoms with Crippen LogP contribution < -0.4 is 10.5 Å². The lowest BCUT2D eigenvalue weighted by Crippen LogP contribution is -2.05. The lowest BCUT2D eigenvalue weighted by atomic mass is 10.1. The van der Waals surface area contributed by atoms with Gasteiger partial charge in [-0.3, -0.25) is 0 Å². The van der Waals surface area contributed by atoms with E-state index < -0.39 is 0 Å². The van der Waals surface area contributed by atoms with Gasteiger partial charge in [-0.1, -0.05) is 6.07 Å². The minimum Gasteiger partial charge on any atom is -0.486 e. The van der Waals surface area contributed by atoms with Gasteiger partial charge in [0.25, 0.3) is 0 Å². The molecule has 1 aromatic heterocycles. The minimum absolute atomic E-state index is 0.0630. The summed E-state index contributed by atoms with van der Waals surface area (Å²) in [4.78, 5) is 6.00. The van der Waals surface area contributed by atoms with E-state index in [9.17, 15) is 0 Å². The van der Waals surface area contributed by atoms with E-state index in [-0.39, 0.29) is 6.04 Å². The normalized spacial score (nSPS) is 16.0. The number of aryl methyl sites for hydroxylation is 2. The number of rotatable bonds is 5. The van der Waals surface area contributed by atoms with E-state index in [1.54, 1.807) is 11.3 Å². The Kier molecular flexibility index (Phi) is 4.00. The average Bonchev–Trinajstić information content (AvgIpc) is 3.15. The number of hydrogen-bond donors (Lipinski definition) is 1. The molecule has 1 fully saturated rings. The van der Waals surface area contributed by atoms with E-state index in [0.29, 0.717) is 12.5 Å². The lowest BCUT2D eigenvalue weighted by Gasteiger charge is -2.06. The van der Waals surface area contributed by atoms with Crippen molar-refractivity contribution in [3.8, 4) is 5.75 Å². The second-order valence-corrected chi connectivity index (χ2v) is 7.15. The highest BCUT2D eigenvalue weighted by atomic mass is 32.1. The Morgan fingerprint density at radius 1 is 1.29 bits per heavy atom. The summed E-state index contributed by atoms with van der Waals surface area (Å²) >= 11 is 1.70. The maximum Gasteiger partial charge on any atom is 0.140 e. The van der Waals surface area contributed by atoms with Crippen molar-refractivity contribution in [1.29, 1.82) is 0 Å². The molecule has 1 unspecified atom stereocenters. The van der Waals surface area contributed by atoms with Gasteiger partial charge < -0.3 is 10.5 Å². The second-order valence-electron chi connectivity index (χ2n) is 6.03. The van der Waals surface area contributed by atoms with Crippen LogP contribution >= 0.6 is 11.3 Å². The van der Waals surface area contributed by atoms with Crippen LogP contribution in [0.4, 0.5) is 0 Å². The molecule has 1 heterocycles. The van der Waals surface area contributed by atoms with Gasteiger partial charge >= 0.3 is 0 Å². The van der Waals surface area contributed by atoms with Crippen molar-refractivity contribution in [1.82, 2.24) is 4.98 Å². The SMILES string of the molecule is Cc1cc(C)cc(OCc2nc(C3CC3)c(C(C)N)s2)c1. The number of thiazole rings is 1. The van der Waals surface area contributed by atoms with Gasteiger partial charge in [0.1, 0.15) is 17.4 Å². The van der Waals surface area contributed by atoms with Crippen LogP contribution in [0.15, 0.2) is 18.2 Å². The first-order chi connectivity index (χ1) is 10.0. The number of nitrogens with zero attached hydrogens (tertiary/aromatic N) is 1. The van der Waals surface area contributed by atoms with Crippen molar-refractivity contribution >= 4 is 11.3 Å². The highest BCUT2D eigenvalue weighted by Crippen LogP contribution is 2.44. The third-order valence-corrected chi connectivity index (χ3v) is 4.91. The molecule has 2 aromatic rings. The van der Waals surface area contributed by atoms with Gasteiger partial charge in [-0.05, 0) is 56.9 Å². The molecule has 0 spiro atoms. The van der Waals surface area contributed by atoms with Crippen LogP contribution in [0.1, 0.15) is 58.4 Å². The topological polar surface area (TPSA) is 48.1 Å². The minimum atomic E-state index is 0.0630. The fourth-order valence-electron chi connectivity index (χ4n) is 2.59. The van der Waals surface area contributed by atoms with Crippen LogP contribution in [0, 0.1) is 13.8 Å². The molecule has 3 nitrogen and oxygen atoms in total. The molecule has 1 aromatic carbocycles. The zero-order valence-corrected chi connectivity index (χ0v) is 13.7. The fourth-order valence-corrected chi connectivity index (χ4v) is 3.61. The van der Waals surface area contributed by atoms with E-state index in [0.717, 1.165) is 10.8 Å². The molecule has 1 aliphatic carbocycles. The summed E-state index contributed by atoms with van der Waals surface area (Å²) in [5.74, 6) is 1.55. The molecule has 0 amide bonds. The highest BCUT2D eigenvalue weighted by Gasteiger charge is 2.30. The van der Waals surface area contributed by atoms with Crippen molar-refractivity contribution in [2.75, 3.05) is 0 Å². The largest absolute Gasteiger partial charge is 0.486 e. The van der Waals surface area contributed by atoms with Crippen molar-refractivity contribution in [3.63, 3.8) is 0 Å². The van der Waals surface area contributed by atoms with Crippen LogP contribution in [0.25, 0.3) is 0 Å². The number of aromatic nitrogens is 1. The molecule has 2 N–H and O–H groups in total. The molecule has 112 valence electrons. The highest BCUT2D eigenvalue weighted by molar-refractivity contribution is 7.11. The Bertz CT molecular complexity index is 604. The number of ether oxygens (including phenoxy) is 1. The van der Waals surface area contributed by atoms with Gasteiger partial charge in [0.05, 0.1) is 5.69 Å². The monoisotopic (exact) mass is 302 g/mol. The molecule has 0 radical (unpaired) electrons. The predicted molar refractivity (Wildman–Crippen MR) is 86.9 cm³/mol. The molecular weight excluding hydrogens is 280 g/mol. The molecule has 0 saturated heterocycles. The molecule has 21 heavy (non-hydrogen) atoms. The van der Waals surface area contributed by atoms with Crippen LogP contribution in [0.3, 0.4) is 0 Å². The molecule has 3 rings (SSSR count). The first-order valence-corrected chi connectivity index (χ1v) is 8.30. The van der Waals surface area contributed by atoms with Crippen molar-refractivity contribution in [2.45, 2.75) is 52.2 Å². The van der Waals surface area contributed by atoms with Crippen molar-refractivity contribution in [3.05, 3.63) is 44.9 Å². The number of nitrogens with two attached hydrogens (primary N) is 1. The van der Waals surface area contributed by atoms with Gasteiger partial charge in [0.2, 0.25) is 0 Å². The summed E-state index contributed by atoms with van der Waals surface area (Å²) in [7, 11) is 0. The Balaban J connectivity index is 1.74. The second kappa shape index (κ2) is 5.78. The van der Waals surface area contributed by atoms with Gasteiger partial charge in [0.15, 0.2) is 0 Å². The van der Waals surface area contributed by atoms with Crippen molar-refractivity contribution < 1.29 is 4.74 Å². The zero-order valence-electron chi connectivity index (χ0n) is 12.8. The third-order valence-electron chi connectivity index (χ3n) is 3.66. The van der Waals surface area contributed by atoms with E-state index in [1.165, 1.54) is 34.5 Å². The molecule has 0 aliphatic heterocycles. The Hall–Kier alpha value is -1.39. The van der Waals surface area contributed by atoms with E-state index >= 15 is 0 Å². The molecule has 0 bridgehead atoms. The first kappa shape index (κ1) is 14.5. The van der Waals surface area contributed by atoms with Gasteiger partial charge in [-0.15, -0.1) is 11.3 Å². The predicted octanol–water partition coefficient (Wildman–Crippen LogP) is 4.24. The van der Waals surface area contributed by atoms with Gasteiger partial charge in [-0.25, -0.2) is 4.98 Å². The van der Waals surface area contributed by atoms with Crippen LogP contribution in [0.2, 0.25) is 0 Å². The maximum atomic E-state index is 6.07. The van der Waals surface area contributed by atoms with Gasteiger partial charge in [0, 0.05) is 16.8 Å². The first-order valence-electron chi connectivity index (χ1n) is 7.49. The van der Waals surface area contributed by atoms with Gasteiger partial charge in [-0.2, -0.15) is 0 Å². The molecule has 4 heteroatoms. The fraction of sp³-hybridized carbons (Fsp3) is 0.471. The van der Waals surface area contributed by atoms with Crippen LogP contribution in [0.5, 0.6) is 5.75 Å². The average molecular weight is 302 g/mol. The Labute approximate surface area is 130 Å². The molecular formula is C17H22N2OS. The number of benzene rings is 1. The summed E-state index contributed by atoms with van der Waals surface area (Å²) in [6, 6.07) is 6.34. The lowest BCUT2D eigenvalue weighted by molar-refractivity contribution is 0.305. The van der Waals surface area contributed by atoms with E-state index in [1.807, 2.05) is 6.92 Å². The van der Waals surface area contributed by atoms with Crippen LogP contribution in [-0.2, 0) is 6.61 Å². The summed E-state index contributed by atoms with van der Waals surface area (Å²) in [6.45, 7) is 6.74. The summed E-state index contributed by atoms with van der Waals surface area (Å²) in [5.41, 5.74) is 9.73. The smallest absolute Gasteiger partial charge is 0.140 e. The maximum absolute atomic E-state index is 6.07. The Morgan fingerprint density at radius 2 is 1.95 bits per heavy atom. The van der Waals surface area contributed by atoms with Crippen molar-refractivity contribution in [2.24, 2.45) is 5.73 Å². The van der Waals surface area contributed by atoms with E-state index in [2.05, 4.69) is 32.0 Å². The summed E-state index contributed by atoms with van der Waals surface area (Å²) < 4.78 is 5.91. The summed E-state index contributed by atoms with van der Waals surface area (Å²) in [5, 5.41) is 1.03. The van der Waals surface area contributed by atoms with E-state index in [4.69, 9.17) is 15.5 Å². The molecule has 1 atom stereocenters. The standard InChI is InChI=1S/C17H22N2OS/c1-10-6-11(2)8-14(7-10)20-9-15-19-16(13-4-5-13)17(21-15)12(3)18/h6-8,12-13H,4-5,9,18H2,1-3H3. The zero-order chi connectivity index (χ0) is 15.0. The summed E-state index contributed by atoms with van der Waals surface area (Å²) in [6.07, 6.45) is 2.50. The molecule has 1 aliphatic rings. The number of hydrogen-bond acceptors (Lipinski definition) is 4. The van der Waals surface area contributed by atoms with Crippen LogP contribution in [-0.4, -0.2) is 4.98 Å². The third kappa shape index (κ3) is 3.44. The Morgan fingerprint density at radius 3 is 2.52 bits per heavy atom.